The van der Waals surface area contributed by atoms with Crippen molar-refractivity contribution in [3.05, 3.63) is 21.0 Å². The summed E-state index contributed by atoms with van der Waals surface area (Å²) in [7, 11) is 0. The molecule has 1 saturated carbocycles. The molecule has 17 heavy (non-hydrogen) atoms. The molecule has 0 spiro atoms. The Balaban J connectivity index is 2.19. The van der Waals surface area contributed by atoms with Crippen LogP contribution < -0.4 is 16.6 Å². The molecule has 0 amide bonds. The number of halogens is 1. The molecule has 0 saturated heterocycles. The van der Waals surface area contributed by atoms with Gasteiger partial charge in [-0.25, -0.2) is 4.68 Å². The lowest BCUT2D eigenvalue weighted by atomic mass is 10.3. The smallest absolute Gasteiger partial charge is 0.283 e. The van der Waals surface area contributed by atoms with Crippen LogP contribution in [0.5, 0.6) is 0 Å². The molecule has 1 unspecified atom stereocenters. The maximum atomic E-state index is 12.0. The summed E-state index contributed by atoms with van der Waals surface area (Å²) in [6.07, 6.45) is 4.09. The molecule has 2 rings (SSSR count). The van der Waals surface area contributed by atoms with Gasteiger partial charge in [-0.1, -0.05) is 0 Å². The van der Waals surface area contributed by atoms with E-state index in [-0.39, 0.29) is 11.6 Å². The van der Waals surface area contributed by atoms with Gasteiger partial charge in [0.05, 0.1) is 11.9 Å². The number of nitrogens with two attached hydrogens (primary N) is 1. The summed E-state index contributed by atoms with van der Waals surface area (Å²) in [6.45, 7) is 3.20. The van der Waals surface area contributed by atoms with Crippen LogP contribution in [0.1, 0.15) is 19.8 Å². The van der Waals surface area contributed by atoms with E-state index in [1.807, 2.05) is 6.92 Å². The van der Waals surface area contributed by atoms with E-state index in [9.17, 15) is 4.79 Å². The molecular weight excluding hydrogens is 284 g/mol. The first-order chi connectivity index (χ1) is 8.11. The van der Waals surface area contributed by atoms with Gasteiger partial charge in [-0.15, -0.1) is 0 Å². The van der Waals surface area contributed by atoms with Crippen molar-refractivity contribution in [2.24, 2.45) is 11.7 Å². The van der Waals surface area contributed by atoms with Crippen LogP contribution in [-0.2, 0) is 6.54 Å². The first-order valence-electron chi connectivity index (χ1n) is 5.84. The number of anilines is 1. The average Bonchev–Trinajstić information content (AvgIpc) is 3.12. The standard InChI is InChI=1S/C11H17BrN4O/c1-7(4-13)15-9-5-14-16(6-8-2-3-8)11(17)10(9)12/h5,7-8,15H,2-4,6,13H2,1H3. The van der Waals surface area contributed by atoms with Crippen LogP contribution in [0.4, 0.5) is 5.69 Å². The molecule has 0 aromatic carbocycles. The molecule has 1 fully saturated rings. The van der Waals surface area contributed by atoms with E-state index >= 15 is 0 Å². The number of nitrogens with zero attached hydrogens (tertiary/aromatic N) is 2. The van der Waals surface area contributed by atoms with Crippen LogP contribution in [0.25, 0.3) is 0 Å². The fourth-order valence-electron chi connectivity index (χ4n) is 1.57. The number of hydrogen-bond acceptors (Lipinski definition) is 4. The molecule has 3 N–H and O–H groups in total. The van der Waals surface area contributed by atoms with Gasteiger partial charge < -0.3 is 11.1 Å². The highest BCUT2D eigenvalue weighted by Crippen LogP contribution is 2.30. The molecule has 6 heteroatoms. The van der Waals surface area contributed by atoms with Crippen LogP contribution in [0.3, 0.4) is 0 Å². The van der Waals surface area contributed by atoms with Gasteiger partial charge in [-0.3, -0.25) is 4.79 Å². The van der Waals surface area contributed by atoms with E-state index in [0.29, 0.717) is 22.6 Å². The molecular formula is C11H17BrN4O. The highest BCUT2D eigenvalue weighted by Gasteiger charge is 2.23. The van der Waals surface area contributed by atoms with E-state index in [2.05, 4.69) is 26.3 Å². The summed E-state index contributed by atoms with van der Waals surface area (Å²) in [6, 6.07) is 0.117. The predicted octanol–water partition coefficient (Wildman–Crippen LogP) is 1.17. The Morgan fingerprint density at radius 1 is 1.71 bits per heavy atom. The summed E-state index contributed by atoms with van der Waals surface area (Å²) in [5.41, 5.74) is 6.16. The number of aromatic nitrogens is 2. The average molecular weight is 301 g/mol. The SMILES string of the molecule is CC(CN)Nc1cnn(CC2CC2)c(=O)c1Br. The second kappa shape index (κ2) is 5.18. The minimum Gasteiger partial charge on any atom is -0.379 e. The molecule has 0 aliphatic heterocycles. The maximum Gasteiger partial charge on any atom is 0.283 e. The van der Waals surface area contributed by atoms with Gasteiger partial charge in [0.1, 0.15) is 4.47 Å². The van der Waals surface area contributed by atoms with Gasteiger partial charge in [-0.05, 0) is 41.6 Å². The normalized spacial score (nSPS) is 16.9. The van der Waals surface area contributed by atoms with E-state index in [1.165, 1.54) is 17.5 Å². The largest absolute Gasteiger partial charge is 0.379 e. The lowest BCUT2D eigenvalue weighted by Crippen LogP contribution is -2.29. The molecule has 1 heterocycles. The fraction of sp³-hybridized carbons (Fsp3) is 0.636. The molecule has 1 aromatic rings. The second-order valence-corrected chi connectivity index (χ2v) is 5.38. The van der Waals surface area contributed by atoms with Crippen molar-refractivity contribution < 1.29 is 0 Å². The first-order valence-corrected chi connectivity index (χ1v) is 6.63. The Hall–Kier alpha value is -0.880. The van der Waals surface area contributed by atoms with E-state index < -0.39 is 0 Å². The number of nitrogens with one attached hydrogen (secondary N) is 1. The van der Waals surface area contributed by atoms with Crippen LogP contribution in [0.15, 0.2) is 15.5 Å². The molecule has 1 atom stereocenters. The molecule has 1 aliphatic carbocycles. The molecule has 1 aromatic heterocycles. The van der Waals surface area contributed by atoms with Crippen LogP contribution in [0, 0.1) is 5.92 Å². The second-order valence-electron chi connectivity index (χ2n) is 4.58. The molecule has 0 bridgehead atoms. The summed E-state index contributed by atoms with van der Waals surface area (Å²) >= 11 is 3.32. The monoisotopic (exact) mass is 300 g/mol. The Morgan fingerprint density at radius 2 is 2.41 bits per heavy atom. The maximum absolute atomic E-state index is 12.0. The molecule has 94 valence electrons. The quantitative estimate of drug-likeness (QED) is 0.856. The summed E-state index contributed by atoms with van der Waals surface area (Å²) in [4.78, 5) is 12.0. The van der Waals surface area contributed by atoms with E-state index in [1.54, 1.807) is 6.20 Å². The van der Waals surface area contributed by atoms with Gasteiger partial charge in [-0.2, -0.15) is 5.10 Å². The topological polar surface area (TPSA) is 72.9 Å². The lowest BCUT2D eigenvalue weighted by Gasteiger charge is -2.14. The number of hydrogen-bond donors (Lipinski definition) is 2. The van der Waals surface area contributed by atoms with E-state index in [0.717, 1.165) is 6.54 Å². The molecule has 0 radical (unpaired) electrons. The van der Waals surface area contributed by atoms with Gasteiger partial charge in [0.2, 0.25) is 0 Å². The highest BCUT2D eigenvalue weighted by atomic mass is 79.9. The van der Waals surface area contributed by atoms with E-state index in [4.69, 9.17) is 5.73 Å². The van der Waals surface area contributed by atoms with Crippen molar-refractivity contribution in [2.45, 2.75) is 32.4 Å². The van der Waals surface area contributed by atoms with Crippen molar-refractivity contribution in [3.63, 3.8) is 0 Å². The lowest BCUT2D eigenvalue weighted by molar-refractivity contribution is 0.531. The summed E-state index contributed by atoms with van der Waals surface area (Å²) < 4.78 is 2.06. The van der Waals surface area contributed by atoms with Gasteiger partial charge in [0.25, 0.3) is 5.56 Å². The van der Waals surface area contributed by atoms with Crippen LogP contribution in [-0.4, -0.2) is 22.4 Å². The zero-order valence-electron chi connectivity index (χ0n) is 9.82. The van der Waals surface area contributed by atoms with Crippen molar-refractivity contribution in [2.75, 3.05) is 11.9 Å². The zero-order chi connectivity index (χ0) is 12.4. The number of rotatable bonds is 5. The first kappa shape index (κ1) is 12.6. The minimum atomic E-state index is -0.0777. The minimum absolute atomic E-state index is 0.0777. The fourth-order valence-corrected chi connectivity index (χ4v) is 1.99. The molecule has 5 nitrogen and oxygen atoms in total. The summed E-state index contributed by atoms with van der Waals surface area (Å²) in [5, 5.41) is 7.33. The zero-order valence-corrected chi connectivity index (χ0v) is 11.4. The van der Waals surface area contributed by atoms with Crippen molar-refractivity contribution >= 4 is 21.6 Å². The van der Waals surface area contributed by atoms with Crippen LogP contribution >= 0.6 is 15.9 Å². The van der Waals surface area contributed by atoms with Crippen molar-refractivity contribution in [1.82, 2.24) is 9.78 Å². The van der Waals surface area contributed by atoms with Crippen molar-refractivity contribution in [3.8, 4) is 0 Å². The Morgan fingerprint density at radius 3 is 3.00 bits per heavy atom. The van der Waals surface area contributed by atoms with Crippen molar-refractivity contribution in [1.29, 1.82) is 0 Å². The molecule has 1 aliphatic rings. The third-order valence-corrected chi connectivity index (χ3v) is 3.63. The van der Waals surface area contributed by atoms with Crippen LogP contribution in [0.2, 0.25) is 0 Å². The Bertz CT molecular complexity index is 455. The van der Waals surface area contributed by atoms with Gasteiger partial charge >= 0.3 is 0 Å². The Kier molecular flexibility index (Phi) is 3.83. The highest BCUT2D eigenvalue weighted by molar-refractivity contribution is 9.10. The summed E-state index contributed by atoms with van der Waals surface area (Å²) in [5.74, 6) is 0.633. The Labute approximate surface area is 109 Å². The van der Waals surface area contributed by atoms with Gasteiger partial charge in [0, 0.05) is 19.1 Å². The predicted molar refractivity (Wildman–Crippen MR) is 71.1 cm³/mol. The third kappa shape index (κ3) is 3.07. The van der Waals surface area contributed by atoms with Gasteiger partial charge in [0.15, 0.2) is 0 Å². The third-order valence-electron chi connectivity index (χ3n) is 2.87.